The normalized spacial score (nSPS) is 12.4. The highest BCUT2D eigenvalue weighted by molar-refractivity contribution is 7.84. The van der Waals surface area contributed by atoms with E-state index in [4.69, 9.17) is 0 Å². The molecule has 1 rings (SSSR count). The monoisotopic (exact) mass is 249 g/mol. The minimum atomic E-state index is -0.860. The zero-order chi connectivity index (χ0) is 10.6. The van der Waals surface area contributed by atoms with Crippen LogP contribution in [-0.2, 0) is 10.8 Å². The van der Waals surface area contributed by atoms with Crippen molar-refractivity contribution in [2.75, 3.05) is 18.6 Å². The highest BCUT2D eigenvalue weighted by Gasteiger charge is 2.06. The number of hydrogen-bond donors (Lipinski definition) is 2. The molecule has 0 bridgehead atoms. The van der Waals surface area contributed by atoms with Crippen LogP contribution in [0, 0.1) is 0 Å². The molecule has 0 spiro atoms. The summed E-state index contributed by atoms with van der Waals surface area (Å²) in [5.41, 5.74) is 0. The molecule has 0 aliphatic carbocycles. The molecule has 1 atom stereocenters. The molecule has 1 aromatic heterocycles. The molecule has 0 saturated heterocycles. The van der Waals surface area contributed by atoms with Crippen molar-refractivity contribution < 1.29 is 9.00 Å². The fraction of sp³-hybridized carbons (Fsp3) is 0.375. The van der Waals surface area contributed by atoms with Crippen molar-refractivity contribution in [3.8, 4) is 0 Å². The van der Waals surface area contributed by atoms with Crippen LogP contribution in [0.3, 0.4) is 0 Å². The Kier molecular flexibility index (Phi) is 4.64. The molecule has 3 nitrogen and oxygen atoms in total. The topological polar surface area (TPSA) is 46.2 Å². The van der Waals surface area contributed by atoms with Crippen LogP contribution < -0.4 is 5.32 Å². The largest absolute Gasteiger partial charge is 0.350 e. The van der Waals surface area contributed by atoms with Gasteiger partial charge < -0.3 is 5.32 Å². The highest BCUT2D eigenvalue weighted by Crippen LogP contribution is 2.16. The number of rotatable bonds is 4. The summed E-state index contributed by atoms with van der Waals surface area (Å²) in [7, 11) is -0.860. The van der Waals surface area contributed by atoms with E-state index in [2.05, 4.69) is 17.9 Å². The Labute approximate surface area is 94.8 Å². The van der Waals surface area contributed by atoms with E-state index < -0.39 is 10.8 Å². The summed E-state index contributed by atoms with van der Waals surface area (Å²) in [4.78, 5) is 12.8. The van der Waals surface area contributed by atoms with Crippen molar-refractivity contribution in [1.82, 2.24) is 5.32 Å². The Hall–Kier alpha value is -0.330. The summed E-state index contributed by atoms with van der Waals surface area (Å²) < 4.78 is 10.7. The van der Waals surface area contributed by atoms with E-state index in [0.717, 1.165) is 4.90 Å². The highest BCUT2D eigenvalue weighted by atomic mass is 32.2. The first-order valence-electron chi connectivity index (χ1n) is 3.95. The predicted molar refractivity (Wildman–Crippen MR) is 62.8 cm³/mol. The minimum absolute atomic E-state index is 0.124. The first kappa shape index (κ1) is 11.7. The van der Waals surface area contributed by atoms with E-state index in [1.54, 1.807) is 17.7 Å². The molecule has 0 aliphatic rings. The molecule has 0 fully saturated rings. The summed E-state index contributed by atoms with van der Waals surface area (Å²) >= 11 is 5.46. The number of carbonyl (C=O) groups excluding carboxylic acids is 1. The lowest BCUT2D eigenvalue weighted by Crippen LogP contribution is -2.26. The SMILES string of the molecule is CS(=O)CCNC(=O)c1cc(S)cs1. The van der Waals surface area contributed by atoms with Gasteiger partial charge in [-0.25, -0.2) is 0 Å². The second-order valence-corrected chi connectivity index (χ2v) is 5.68. The number of hydrogen-bond acceptors (Lipinski definition) is 4. The number of amides is 1. The van der Waals surface area contributed by atoms with Crippen LogP contribution in [0.2, 0.25) is 0 Å². The maximum absolute atomic E-state index is 11.4. The Morgan fingerprint density at radius 1 is 1.71 bits per heavy atom. The summed E-state index contributed by atoms with van der Waals surface area (Å²) in [5.74, 6) is 0.367. The lowest BCUT2D eigenvalue weighted by molar-refractivity contribution is 0.0960. The molecule has 0 aromatic carbocycles. The minimum Gasteiger partial charge on any atom is -0.350 e. The standard InChI is InChI=1S/C8H11NO2S3/c1-14(11)3-2-9-8(10)7-4-6(12)5-13-7/h4-5,12H,2-3H2,1H3,(H,9,10). The molecule has 14 heavy (non-hydrogen) atoms. The third kappa shape index (κ3) is 3.81. The van der Waals surface area contributed by atoms with Crippen LogP contribution in [0.4, 0.5) is 0 Å². The molecule has 0 radical (unpaired) electrons. The first-order chi connectivity index (χ1) is 6.59. The number of carbonyl (C=O) groups is 1. The maximum Gasteiger partial charge on any atom is 0.261 e. The fourth-order valence-electron chi connectivity index (χ4n) is 0.841. The van der Waals surface area contributed by atoms with Crippen LogP contribution >= 0.6 is 24.0 Å². The summed E-state index contributed by atoms with van der Waals surface area (Å²) in [6, 6.07) is 1.71. The third-order valence-corrected chi connectivity index (χ3v) is 3.63. The Balaban J connectivity index is 2.39. The van der Waals surface area contributed by atoms with E-state index in [9.17, 15) is 9.00 Å². The zero-order valence-corrected chi connectivity index (χ0v) is 10.2. The van der Waals surface area contributed by atoms with Gasteiger partial charge in [0.2, 0.25) is 0 Å². The molecular weight excluding hydrogens is 238 g/mol. The van der Waals surface area contributed by atoms with Gasteiger partial charge >= 0.3 is 0 Å². The van der Waals surface area contributed by atoms with Crippen LogP contribution in [0.15, 0.2) is 16.3 Å². The van der Waals surface area contributed by atoms with Crippen molar-refractivity contribution in [3.05, 3.63) is 16.3 Å². The summed E-state index contributed by atoms with van der Waals surface area (Å²) in [6.07, 6.45) is 1.61. The van der Waals surface area contributed by atoms with Gasteiger partial charge in [-0.2, -0.15) is 0 Å². The molecule has 1 heterocycles. The number of thiol groups is 1. The number of nitrogens with one attached hydrogen (secondary N) is 1. The van der Waals surface area contributed by atoms with Gasteiger partial charge in [-0.3, -0.25) is 9.00 Å². The van der Waals surface area contributed by atoms with E-state index in [-0.39, 0.29) is 5.91 Å². The zero-order valence-electron chi connectivity index (χ0n) is 7.65. The van der Waals surface area contributed by atoms with Gasteiger partial charge in [0.15, 0.2) is 0 Å². The second-order valence-electron chi connectivity index (χ2n) is 2.70. The van der Waals surface area contributed by atoms with Crippen molar-refractivity contribution in [2.45, 2.75) is 4.90 Å². The van der Waals surface area contributed by atoms with Crippen molar-refractivity contribution >= 4 is 40.7 Å². The molecular formula is C8H11NO2S3. The molecule has 6 heteroatoms. The average molecular weight is 249 g/mol. The molecule has 0 aliphatic heterocycles. The van der Waals surface area contributed by atoms with E-state index >= 15 is 0 Å². The molecule has 1 N–H and O–H groups in total. The summed E-state index contributed by atoms with van der Waals surface area (Å²) in [6.45, 7) is 0.446. The van der Waals surface area contributed by atoms with Gasteiger partial charge in [0.25, 0.3) is 5.91 Å². The molecule has 0 saturated carbocycles. The van der Waals surface area contributed by atoms with Crippen LogP contribution in [0.1, 0.15) is 9.67 Å². The summed E-state index contributed by atoms with van der Waals surface area (Å²) in [5, 5.41) is 4.49. The van der Waals surface area contributed by atoms with Gasteiger partial charge in [-0.15, -0.1) is 24.0 Å². The Morgan fingerprint density at radius 2 is 2.43 bits per heavy atom. The van der Waals surface area contributed by atoms with Crippen LogP contribution in [-0.4, -0.2) is 28.7 Å². The van der Waals surface area contributed by atoms with Gasteiger partial charge in [0.05, 0.1) is 4.88 Å². The molecule has 78 valence electrons. The molecule has 1 aromatic rings. The quantitative estimate of drug-likeness (QED) is 0.786. The fourth-order valence-corrected chi connectivity index (χ4v) is 2.29. The van der Waals surface area contributed by atoms with Gasteiger partial charge in [0.1, 0.15) is 0 Å². The smallest absolute Gasteiger partial charge is 0.261 e. The van der Waals surface area contributed by atoms with E-state index in [1.165, 1.54) is 11.3 Å². The second kappa shape index (κ2) is 5.53. The Bertz CT molecular complexity index is 348. The Morgan fingerprint density at radius 3 is 2.93 bits per heavy atom. The van der Waals surface area contributed by atoms with Gasteiger partial charge in [-0.05, 0) is 6.07 Å². The van der Waals surface area contributed by atoms with Crippen molar-refractivity contribution in [2.24, 2.45) is 0 Å². The van der Waals surface area contributed by atoms with Crippen LogP contribution in [0.25, 0.3) is 0 Å². The van der Waals surface area contributed by atoms with Crippen LogP contribution in [0.5, 0.6) is 0 Å². The average Bonchev–Trinajstić information content (AvgIpc) is 2.51. The third-order valence-electron chi connectivity index (χ3n) is 1.48. The van der Waals surface area contributed by atoms with Gasteiger partial charge in [-0.1, -0.05) is 0 Å². The van der Waals surface area contributed by atoms with Crippen molar-refractivity contribution in [3.63, 3.8) is 0 Å². The van der Waals surface area contributed by atoms with E-state index in [1.807, 2.05) is 0 Å². The first-order valence-corrected chi connectivity index (χ1v) is 7.00. The van der Waals surface area contributed by atoms with Crippen molar-refractivity contribution in [1.29, 1.82) is 0 Å². The lowest BCUT2D eigenvalue weighted by atomic mass is 10.4. The predicted octanol–water partition coefficient (Wildman–Crippen LogP) is 1.15. The number of thiophene rings is 1. The molecule has 1 amide bonds. The lowest BCUT2D eigenvalue weighted by Gasteiger charge is -2.00. The maximum atomic E-state index is 11.4. The van der Waals surface area contributed by atoms with E-state index in [0.29, 0.717) is 17.2 Å². The van der Waals surface area contributed by atoms with Gasteiger partial charge in [0, 0.05) is 39.6 Å². The molecule has 1 unspecified atom stereocenters.